The van der Waals surface area contributed by atoms with Crippen LogP contribution in [0.4, 0.5) is 0 Å². The molecular weight excluding hydrogens is 211 g/mol. The van der Waals surface area contributed by atoms with Crippen LogP contribution in [0.2, 0.25) is 0 Å². The molecule has 0 rings (SSSR count). The van der Waals surface area contributed by atoms with Gasteiger partial charge in [-0.2, -0.15) is 0 Å². The fourth-order valence-corrected chi connectivity index (χ4v) is 5.53. The van der Waals surface area contributed by atoms with Crippen LogP contribution >= 0.6 is 18.5 Å². The number of hydrogen-bond acceptors (Lipinski definition) is 2. The molecule has 0 aliphatic carbocycles. The van der Waals surface area contributed by atoms with Crippen molar-refractivity contribution in [2.24, 2.45) is 11.8 Å². The quantitative estimate of drug-likeness (QED) is 0.708. The van der Waals surface area contributed by atoms with Gasteiger partial charge < -0.3 is 5.11 Å². The lowest BCUT2D eigenvalue weighted by atomic mass is 10.00. The second-order valence-electron chi connectivity index (χ2n) is 4.89. The SMILES string of the molecule is CC(CO)CSP(C)C(C)(C)C(C)C. The molecule has 14 heavy (non-hydrogen) atoms. The first-order chi connectivity index (χ1) is 6.32. The Kier molecular flexibility index (Phi) is 6.69. The molecule has 3 heteroatoms. The molecule has 0 aliphatic heterocycles. The van der Waals surface area contributed by atoms with Crippen molar-refractivity contribution < 1.29 is 5.11 Å². The summed E-state index contributed by atoms with van der Waals surface area (Å²) in [4.78, 5) is 0. The molecule has 0 bridgehead atoms. The van der Waals surface area contributed by atoms with Crippen molar-refractivity contribution in [3.05, 3.63) is 0 Å². The molecule has 1 nitrogen and oxygen atoms in total. The van der Waals surface area contributed by atoms with Crippen molar-refractivity contribution >= 4 is 18.5 Å². The molecule has 1 N–H and O–H groups in total. The first kappa shape index (κ1) is 14.7. The fourth-order valence-electron chi connectivity index (χ4n) is 0.822. The third kappa shape index (κ3) is 4.51. The predicted molar refractivity (Wildman–Crippen MR) is 70.5 cm³/mol. The Morgan fingerprint density at radius 2 is 1.79 bits per heavy atom. The number of aliphatic hydroxyl groups excluding tert-OH is 1. The third-order valence-electron chi connectivity index (χ3n) is 3.09. The highest BCUT2D eigenvalue weighted by molar-refractivity contribution is 8.55. The van der Waals surface area contributed by atoms with E-state index in [2.05, 4.69) is 41.3 Å². The van der Waals surface area contributed by atoms with E-state index in [1.54, 1.807) is 0 Å². The molecule has 0 aromatic heterocycles. The van der Waals surface area contributed by atoms with Gasteiger partial charge in [0.2, 0.25) is 0 Å². The van der Waals surface area contributed by atoms with Crippen LogP contribution in [0, 0.1) is 11.8 Å². The Morgan fingerprint density at radius 3 is 2.14 bits per heavy atom. The molecule has 2 unspecified atom stereocenters. The number of hydrogen-bond donors (Lipinski definition) is 1. The lowest BCUT2D eigenvalue weighted by molar-refractivity contribution is 0.250. The Morgan fingerprint density at radius 1 is 1.29 bits per heavy atom. The van der Waals surface area contributed by atoms with Crippen LogP contribution in [0.25, 0.3) is 0 Å². The number of rotatable bonds is 6. The summed E-state index contributed by atoms with van der Waals surface area (Å²) < 4.78 is 0. The summed E-state index contributed by atoms with van der Waals surface area (Å²) in [6, 6.07) is 0. The summed E-state index contributed by atoms with van der Waals surface area (Å²) >= 11 is 2.05. The van der Waals surface area contributed by atoms with E-state index in [-0.39, 0.29) is 7.12 Å². The van der Waals surface area contributed by atoms with Crippen molar-refractivity contribution in [1.29, 1.82) is 0 Å². The van der Waals surface area contributed by atoms with Gasteiger partial charge in [-0.1, -0.05) is 34.6 Å². The highest BCUT2D eigenvalue weighted by atomic mass is 32.7. The van der Waals surface area contributed by atoms with Crippen LogP contribution < -0.4 is 0 Å². The molecular formula is C11H25OPS. The van der Waals surface area contributed by atoms with E-state index in [9.17, 15) is 0 Å². The minimum atomic E-state index is 0.00405. The van der Waals surface area contributed by atoms with Gasteiger partial charge in [-0.15, -0.1) is 11.4 Å². The lowest BCUT2D eigenvalue weighted by Gasteiger charge is -2.36. The normalized spacial score (nSPS) is 17.1. The molecule has 0 amide bonds. The van der Waals surface area contributed by atoms with Crippen LogP contribution in [0.3, 0.4) is 0 Å². The summed E-state index contributed by atoms with van der Waals surface area (Å²) in [7, 11) is 0.00405. The molecule has 0 aromatic carbocycles. The summed E-state index contributed by atoms with van der Waals surface area (Å²) in [5.74, 6) is 2.26. The average Bonchev–Trinajstić information content (AvgIpc) is 2.12. The Hall–Kier alpha value is 0.740. The van der Waals surface area contributed by atoms with Gasteiger partial charge in [-0.25, -0.2) is 0 Å². The van der Waals surface area contributed by atoms with Gasteiger partial charge >= 0.3 is 0 Å². The van der Waals surface area contributed by atoms with E-state index >= 15 is 0 Å². The van der Waals surface area contributed by atoms with Crippen LogP contribution in [-0.2, 0) is 0 Å². The summed E-state index contributed by atoms with van der Waals surface area (Å²) in [5.41, 5.74) is 0. The first-order valence-electron chi connectivity index (χ1n) is 5.30. The van der Waals surface area contributed by atoms with Gasteiger partial charge in [0.15, 0.2) is 0 Å². The molecule has 0 saturated heterocycles. The van der Waals surface area contributed by atoms with E-state index in [4.69, 9.17) is 5.11 Å². The first-order valence-corrected chi connectivity index (χ1v) is 8.68. The summed E-state index contributed by atoms with van der Waals surface area (Å²) in [5, 5.41) is 9.39. The second kappa shape index (κ2) is 6.35. The van der Waals surface area contributed by atoms with Crippen LogP contribution in [0.15, 0.2) is 0 Å². The van der Waals surface area contributed by atoms with Crippen LogP contribution in [0.1, 0.15) is 34.6 Å². The van der Waals surface area contributed by atoms with Crippen molar-refractivity contribution in [3.63, 3.8) is 0 Å². The van der Waals surface area contributed by atoms with Gasteiger partial charge in [-0.05, 0) is 30.8 Å². The molecule has 0 saturated carbocycles. The van der Waals surface area contributed by atoms with Crippen LogP contribution in [-0.4, -0.2) is 29.3 Å². The maximum atomic E-state index is 8.95. The van der Waals surface area contributed by atoms with E-state index in [1.165, 1.54) is 0 Å². The zero-order chi connectivity index (χ0) is 11.4. The van der Waals surface area contributed by atoms with Gasteiger partial charge in [0, 0.05) is 12.4 Å². The molecule has 2 atom stereocenters. The molecule has 0 spiro atoms. The molecule has 0 heterocycles. The molecule has 0 fully saturated rings. The van der Waals surface area contributed by atoms with E-state index in [0.29, 0.717) is 17.7 Å². The minimum Gasteiger partial charge on any atom is -0.396 e. The zero-order valence-electron chi connectivity index (χ0n) is 10.4. The smallest absolute Gasteiger partial charge is 0.0464 e. The molecule has 86 valence electrons. The summed E-state index contributed by atoms with van der Waals surface area (Å²) in [6.07, 6.45) is 0. The molecule has 0 radical (unpaired) electrons. The minimum absolute atomic E-state index is 0.00405. The van der Waals surface area contributed by atoms with E-state index in [0.717, 1.165) is 11.7 Å². The molecule has 0 aromatic rings. The molecule has 0 aliphatic rings. The monoisotopic (exact) mass is 236 g/mol. The zero-order valence-corrected chi connectivity index (χ0v) is 12.1. The summed E-state index contributed by atoms with van der Waals surface area (Å²) in [6.45, 7) is 14.1. The number of aliphatic hydroxyl groups is 1. The van der Waals surface area contributed by atoms with Crippen molar-refractivity contribution in [1.82, 2.24) is 0 Å². The van der Waals surface area contributed by atoms with Crippen molar-refractivity contribution in [2.75, 3.05) is 19.0 Å². The van der Waals surface area contributed by atoms with Gasteiger partial charge in [0.1, 0.15) is 0 Å². The van der Waals surface area contributed by atoms with Crippen LogP contribution in [0.5, 0.6) is 0 Å². The standard InChI is InChI=1S/C11H25OPS/c1-9(2)11(4,5)13(6)14-8-10(3)7-12/h9-10,12H,7-8H2,1-6H3. The Bertz CT molecular complexity index is 159. The topological polar surface area (TPSA) is 20.2 Å². The van der Waals surface area contributed by atoms with Crippen molar-refractivity contribution in [3.8, 4) is 0 Å². The maximum Gasteiger partial charge on any atom is 0.0464 e. The van der Waals surface area contributed by atoms with Gasteiger partial charge in [0.05, 0.1) is 0 Å². The van der Waals surface area contributed by atoms with Crippen molar-refractivity contribution in [2.45, 2.75) is 39.8 Å². The average molecular weight is 236 g/mol. The highest BCUT2D eigenvalue weighted by Crippen LogP contribution is 2.60. The fraction of sp³-hybridized carbons (Fsp3) is 1.00. The largest absolute Gasteiger partial charge is 0.396 e. The van der Waals surface area contributed by atoms with E-state index < -0.39 is 0 Å². The predicted octanol–water partition coefficient (Wildman–Crippen LogP) is 3.81. The highest BCUT2D eigenvalue weighted by Gasteiger charge is 2.29. The van der Waals surface area contributed by atoms with Gasteiger partial charge in [-0.3, -0.25) is 0 Å². The third-order valence-corrected chi connectivity index (χ3v) is 9.35. The van der Waals surface area contributed by atoms with E-state index in [1.807, 2.05) is 11.4 Å². The maximum absolute atomic E-state index is 8.95. The Labute approximate surface area is 94.6 Å². The van der Waals surface area contributed by atoms with Gasteiger partial charge in [0.25, 0.3) is 0 Å². The lowest BCUT2D eigenvalue weighted by Crippen LogP contribution is -2.23. The second-order valence-corrected chi connectivity index (χ2v) is 10.0. The Balaban J connectivity index is 4.01.